The molecule has 0 radical (unpaired) electrons. The minimum Gasteiger partial charge on any atom is -0.310 e. The molecule has 2 nitrogen and oxygen atoms in total. The van der Waals surface area contributed by atoms with Gasteiger partial charge in [0.25, 0.3) is 0 Å². The predicted octanol–water partition coefficient (Wildman–Crippen LogP) is 2.68. The molecule has 0 atom stereocenters. The number of thiazole rings is 1. The number of hydrogen-bond acceptors (Lipinski definition) is 4. The van der Waals surface area contributed by atoms with Gasteiger partial charge < -0.3 is 5.32 Å². The first-order valence-corrected chi connectivity index (χ1v) is 7.21. The average molecular weight is 230 g/mol. The minimum absolute atomic E-state index is 0.928. The molecule has 0 saturated heterocycles. The Morgan fingerprint density at radius 3 is 3.00 bits per heavy atom. The molecule has 0 amide bonds. The molecule has 1 heterocycles. The van der Waals surface area contributed by atoms with Crippen LogP contribution in [0.4, 0.5) is 0 Å². The Hall–Kier alpha value is -0.0600. The van der Waals surface area contributed by atoms with E-state index < -0.39 is 0 Å². The Morgan fingerprint density at radius 1 is 1.50 bits per heavy atom. The number of nitrogens with one attached hydrogen (secondary N) is 1. The largest absolute Gasteiger partial charge is 0.310 e. The highest BCUT2D eigenvalue weighted by Crippen LogP contribution is 2.07. The molecule has 0 aliphatic carbocycles. The summed E-state index contributed by atoms with van der Waals surface area (Å²) in [5, 5.41) is 6.72. The lowest BCUT2D eigenvalue weighted by molar-refractivity contribution is 0.641. The minimum atomic E-state index is 0.928. The first-order valence-electron chi connectivity index (χ1n) is 4.93. The van der Waals surface area contributed by atoms with E-state index in [4.69, 9.17) is 0 Å². The van der Waals surface area contributed by atoms with Gasteiger partial charge in [0, 0.05) is 17.6 Å². The van der Waals surface area contributed by atoms with Gasteiger partial charge in [0.1, 0.15) is 5.01 Å². The van der Waals surface area contributed by atoms with Crippen LogP contribution in [0.25, 0.3) is 0 Å². The smallest absolute Gasteiger partial charge is 0.107 e. The van der Waals surface area contributed by atoms with Crippen molar-refractivity contribution in [2.45, 2.75) is 26.3 Å². The highest BCUT2D eigenvalue weighted by Gasteiger charge is 1.96. The van der Waals surface area contributed by atoms with E-state index in [1.54, 1.807) is 11.3 Å². The molecule has 1 rings (SSSR count). The SMILES string of the molecule is CSCCCCNCc1nc(C)cs1. The van der Waals surface area contributed by atoms with Gasteiger partial charge in [0.15, 0.2) is 0 Å². The highest BCUT2D eigenvalue weighted by molar-refractivity contribution is 7.98. The molecule has 1 N–H and O–H groups in total. The van der Waals surface area contributed by atoms with E-state index in [2.05, 4.69) is 21.9 Å². The Morgan fingerprint density at radius 2 is 2.36 bits per heavy atom. The van der Waals surface area contributed by atoms with Crippen molar-refractivity contribution in [3.63, 3.8) is 0 Å². The van der Waals surface area contributed by atoms with Gasteiger partial charge in [0.2, 0.25) is 0 Å². The lowest BCUT2D eigenvalue weighted by Gasteiger charge is -2.01. The number of thioether (sulfide) groups is 1. The van der Waals surface area contributed by atoms with Crippen LogP contribution in [0, 0.1) is 6.92 Å². The molecule has 0 fully saturated rings. The van der Waals surface area contributed by atoms with Crippen molar-refractivity contribution in [1.82, 2.24) is 10.3 Å². The molecule has 0 aliphatic heterocycles. The van der Waals surface area contributed by atoms with Crippen LogP contribution in [-0.2, 0) is 6.54 Å². The van der Waals surface area contributed by atoms with Gasteiger partial charge in [-0.05, 0) is 38.3 Å². The van der Waals surface area contributed by atoms with Gasteiger partial charge in [-0.25, -0.2) is 4.98 Å². The highest BCUT2D eigenvalue weighted by atomic mass is 32.2. The summed E-state index contributed by atoms with van der Waals surface area (Å²) in [5.41, 5.74) is 1.13. The van der Waals surface area contributed by atoms with Crippen LogP contribution in [-0.4, -0.2) is 23.5 Å². The fourth-order valence-corrected chi connectivity index (χ4v) is 2.41. The number of rotatable bonds is 7. The van der Waals surface area contributed by atoms with E-state index in [-0.39, 0.29) is 0 Å². The summed E-state index contributed by atoms with van der Waals surface area (Å²) in [4.78, 5) is 4.40. The molecule has 80 valence electrons. The number of nitrogens with zero attached hydrogens (tertiary/aromatic N) is 1. The van der Waals surface area contributed by atoms with Gasteiger partial charge in [-0.2, -0.15) is 11.8 Å². The van der Waals surface area contributed by atoms with Crippen LogP contribution in [0.5, 0.6) is 0 Å². The molecular formula is C10H18N2S2. The maximum absolute atomic E-state index is 4.40. The monoisotopic (exact) mass is 230 g/mol. The van der Waals surface area contributed by atoms with E-state index in [9.17, 15) is 0 Å². The molecule has 1 aromatic heterocycles. The number of aryl methyl sites for hydroxylation is 1. The van der Waals surface area contributed by atoms with E-state index in [0.717, 1.165) is 18.8 Å². The molecule has 0 aliphatic rings. The normalized spacial score (nSPS) is 10.7. The molecule has 4 heteroatoms. The van der Waals surface area contributed by atoms with E-state index >= 15 is 0 Å². The fourth-order valence-electron chi connectivity index (χ4n) is 1.18. The average Bonchev–Trinajstić information content (AvgIpc) is 2.58. The van der Waals surface area contributed by atoms with Crippen LogP contribution in [0.1, 0.15) is 23.5 Å². The predicted molar refractivity (Wildman–Crippen MR) is 66.2 cm³/mol. The second-order valence-electron chi connectivity index (χ2n) is 3.26. The summed E-state index contributed by atoms with van der Waals surface area (Å²) in [6.07, 6.45) is 4.74. The summed E-state index contributed by atoms with van der Waals surface area (Å²) in [7, 11) is 0. The maximum Gasteiger partial charge on any atom is 0.107 e. The zero-order valence-electron chi connectivity index (χ0n) is 8.88. The Bertz CT molecular complexity index is 248. The molecule has 1 aromatic rings. The number of hydrogen-bond donors (Lipinski definition) is 1. The third kappa shape index (κ3) is 4.98. The summed E-state index contributed by atoms with van der Waals surface area (Å²) < 4.78 is 0. The molecule has 0 saturated carbocycles. The summed E-state index contributed by atoms with van der Waals surface area (Å²) in [5.74, 6) is 1.28. The Labute approximate surface area is 94.5 Å². The zero-order chi connectivity index (χ0) is 10.2. The van der Waals surface area contributed by atoms with Gasteiger partial charge in [0.05, 0.1) is 0 Å². The molecular weight excluding hydrogens is 212 g/mol. The standard InChI is InChI=1S/C10H18N2S2/c1-9-8-14-10(12-9)7-11-5-3-4-6-13-2/h8,11H,3-7H2,1-2H3. The van der Waals surface area contributed by atoms with Gasteiger partial charge in [-0.15, -0.1) is 11.3 Å². The summed E-state index contributed by atoms with van der Waals surface area (Å²) >= 11 is 3.66. The lowest BCUT2D eigenvalue weighted by atomic mass is 10.3. The van der Waals surface area contributed by atoms with Gasteiger partial charge in [-0.1, -0.05) is 0 Å². The van der Waals surface area contributed by atoms with E-state index in [1.807, 2.05) is 18.7 Å². The summed E-state index contributed by atoms with van der Waals surface area (Å²) in [6, 6.07) is 0. The third-order valence-corrected chi connectivity index (χ3v) is 3.56. The maximum atomic E-state index is 4.40. The van der Waals surface area contributed by atoms with Crippen LogP contribution < -0.4 is 5.32 Å². The molecule has 0 spiro atoms. The first kappa shape index (κ1) is 12.0. The molecule has 0 unspecified atom stereocenters. The van der Waals surface area contributed by atoms with Crippen molar-refractivity contribution in [2.75, 3.05) is 18.6 Å². The third-order valence-electron chi connectivity index (χ3n) is 1.89. The van der Waals surface area contributed by atoms with Crippen molar-refractivity contribution in [3.05, 3.63) is 16.1 Å². The topological polar surface area (TPSA) is 24.9 Å². The Kier molecular flexibility index (Phi) is 6.23. The van der Waals surface area contributed by atoms with E-state index in [1.165, 1.54) is 23.6 Å². The summed E-state index contributed by atoms with van der Waals surface area (Å²) in [6.45, 7) is 4.08. The molecule has 0 aromatic carbocycles. The van der Waals surface area contributed by atoms with Crippen molar-refractivity contribution < 1.29 is 0 Å². The van der Waals surface area contributed by atoms with Crippen molar-refractivity contribution >= 4 is 23.1 Å². The quantitative estimate of drug-likeness (QED) is 0.729. The van der Waals surface area contributed by atoms with Gasteiger partial charge in [-0.3, -0.25) is 0 Å². The van der Waals surface area contributed by atoms with E-state index in [0.29, 0.717) is 0 Å². The molecule has 14 heavy (non-hydrogen) atoms. The van der Waals surface area contributed by atoms with Crippen molar-refractivity contribution in [1.29, 1.82) is 0 Å². The number of aromatic nitrogens is 1. The zero-order valence-corrected chi connectivity index (χ0v) is 10.5. The van der Waals surface area contributed by atoms with Crippen LogP contribution >= 0.6 is 23.1 Å². The second kappa shape index (κ2) is 7.26. The lowest BCUT2D eigenvalue weighted by Crippen LogP contribution is -2.14. The first-order chi connectivity index (χ1) is 6.83. The van der Waals surface area contributed by atoms with Crippen molar-refractivity contribution in [2.24, 2.45) is 0 Å². The Balaban J connectivity index is 1.99. The molecule has 0 bridgehead atoms. The number of unbranched alkanes of at least 4 members (excludes halogenated alkanes) is 1. The van der Waals surface area contributed by atoms with Crippen LogP contribution in [0.3, 0.4) is 0 Å². The van der Waals surface area contributed by atoms with Gasteiger partial charge >= 0.3 is 0 Å². The van der Waals surface area contributed by atoms with Crippen LogP contribution in [0.2, 0.25) is 0 Å². The second-order valence-corrected chi connectivity index (χ2v) is 5.19. The van der Waals surface area contributed by atoms with Crippen molar-refractivity contribution in [3.8, 4) is 0 Å². The fraction of sp³-hybridized carbons (Fsp3) is 0.700. The van der Waals surface area contributed by atoms with Crippen LogP contribution in [0.15, 0.2) is 5.38 Å².